The van der Waals surface area contributed by atoms with Gasteiger partial charge in [0.05, 0.1) is 0 Å². The fourth-order valence-electron chi connectivity index (χ4n) is 3.21. The number of hydrogen-bond donors (Lipinski definition) is 0. The number of allylic oxidation sites excluding steroid dienone is 2. The first-order chi connectivity index (χ1) is 12.3. The van der Waals surface area contributed by atoms with Crippen LogP contribution >= 0.6 is 0 Å². The van der Waals surface area contributed by atoms with Crippen LogP contribution in [0.3, 0.4) is 0 Å². The second-order valence-corrected chi connectivity index (χ2v) is 7.27. The first kappa shape index (κ1) is 24.2. The molecule has 1 nitrogen and oxygen atoms in total. The van der Waals surface area contributed by atoms with Crippen molar-refractivity contribution in [2.45, 2.75) is 96.8 Å². The van der Waals surface area contributed by atoms with Gasteiger partial charge in [0.15, 0.2) is 0 Å². The lowest BCUT2D eigenvalue weighted by Gasteiger charge is -2.18. The van der Waals surface area contributed by atoms with Gasteiger partial charge in [-0.05, 0) is 38.6 Å². The van der Waals surface area contributed by atoms with Crippen LogP contribution in [0.25, 0.3) is 0 Å². The van der Waals surface area contributed by atoms with Gasteiger partial charge < -0.3 is 0 Å². The minimum atomic E-state index is 0.983. The Hall–Kier alpha value is -0.820. The molecule has 0 unspecified atom stereocenters. The molecule has 0 aromatic heterocycles. The summed E-state index contributed by atoms with van der Waals surface area (Å²) in [5, 5.41) is 0. The van der Waals surface area contributed by atoms with E-state index in [0.717, 1.165) is 13.1 Å². The van der Waals surface area contributed by atoms with Gasteiger partial charge in [-0.25, -0.2) is 0 Å². The summed E-state index contributed by atoms with van der Waals surface area (Å²) in [7, 11) is 0. The summed E-state index contributed by atoms with van der Waals surface area (Å²) in [6, 6.07) is 0. The van der Waals surface area contributed by atoms with E-state index in [-0.39, 0.29) is 0 Å². The van der Waals surface area contributed by atoms with E-state index >= 15 is 0 Å². The highest BCUT2D eigenvalue weighted by atomic mass is 15.1. The van der Waals surface area contributed by atoms with Gasteiger partial charge in [0.2, 0.25) is 0 Å². The van der Waals surface area contributed by atoms with Crippen LogP contribution in [0.15, 0.2) is 37.5 Å². The van der Waals surface area contributed by atoms with Crippen molar-refractivity contribution in [2.75, 3.05) is 19.6 Å². The summed E-state index contributed by atoms with van der Waals surface area (Å²) in [5.74, 6) is 0. The molecule has 0 aromatic carbocycles. The average Bonchev–Trinajstić information content (AvgIpc) is 2.61. The molecule has 1 heteroatoms. The Balaban J connectivity index is 3.26. The fourth-order valence-corrected chi connectivity index (χ4v) is 3.21. The van der Waals surface area contributed by atoms with Crippen molar-refractivity contribution in [2.24, 2.45) is 0 Å². The molecule has 0 heterocycles. The van der Waals surface area contributed by atoms with Crippen molar-refractivity contribution in [3.05, 3.63) is 37.5 Å². The molecule has 0 rings (SSSR count). The van der Waals surface area contributed by atoms with Crippen LogP contribution in [0.5, 0.6) is 0 Å². The molecule has 0 aliphatic carbocycles. The van der Waals surface area contributed by atoms with Crippen LogP contribution in [0.2, 0.25) is 0 Å². The molecular weight excluding hydrogens is 302 g/mol. The van der Waals surface area contributed by atoms with E-state index in [9.17, 15) is 0 Å². The summed E-state index contributed by atoms with van der Waals surface area (Å²) < 4.78 is 0. The molecule has 0 amide bonds. The van der Waals surface area contributed by atoms with Gasteiger partial charge in [0.1, 0.15) is 0 Å². The van der Waals surface area contributed by atoms with E-state index in [1.807, 2.05) is 12.2 Å². The zero-order valence-electron chi connectivity index (χ0n) is 17.2. The smallest absolute Gasteiger partial charge is 0.0163 e. The third kappa shape index (κ3) is 19.4. The Morgan fingerprint density at radius 1 is 0.600 bits per heavy atom. The highest BCUT2D eigenvalue weighted by Crippen LogP contribution is 2.10. The molecule has 0 saturated carbocycles. The van der Waals surface area contributed by atoms with E-state index in [2.05, 4.69) is 37.1 Å². The molecule has 0 saturated heterocycles. The number of unbranched alkanes of at least 4 members (excludes halogenated alkanes) is 12. The minimum Gasteiger partial charge on any atom is -0.296 e. The van der Waals surface area contributed by atoms with Crippen molar-refractivity contribution in [3.63, 3.8) is 0 Å². The van der Waals surface area contributed by atoms with E-state index < -0.39 is 0 Å². The van der Waals surface area contributed by atoms with Gasteiger partial charge in [0.25, 0.3) is 0 Å². The molecule has 25 heavy (non-hydrogen) atoms. The third-order valence-electron chi connectivity index (χ3n) is 4.76. The molecule has 0 aliphatic rings. The largest absolute Gasteiger partial charge is 0.296 e. The molecule has 0 fully saturated rings. The summed E-state index contributed by atoms with van der Waals surface area (Å²) >= 11 is 0. The average molecular weight is 348 g/mol. The molecule has 146 valence electrons. The highest BCUT2D eigenvalue weighted by molar-refractivity contribution is 4.81. The van der Waals surface area contributed by atoms with Gasteiger partial charge in [-0.1, -0.05) is 89.0 Å². The molecular formula is C24H45N. The van der Waals surface area contributed by atoms with Gasteiger partial charge in [0, 0.05) is 13.1 Å². The molecule has 0 atom stereocenters. The normalized spacial score (nSPS) is 11.4. The number of hydrogen-bond acceptors (Lipinski definition) is 1. The number of nitrogens with zero attached hydrogens (tertiary/aromatic N) is 1. The first-order valence-corrected chi connectivity index (χ1v) is 10.9. The van der Waals surface area contributed by atoms with Gasteiger partial charge in [-0.15, -0.1) is 13.2 Å². The van der Waals surface area contributed by atoms with Crippen LogP contribution in [0, 0.1) is 0 Å². The molecule has 0 radical (unpaired) electrons. The Kier molecular flexibility index (Phi) is 20.5. The lowest BCUT2D eigenvalue weighted by Crippen LogP contribution is -2.24. The lowest BCUT2D eigenvalue weighted by molar-refractivity contribution is 0.324. The zero-order chi connectivity index (χ0) is 18.4. The van der Waals surface area contributed by atoms with Crippen molar-refractivity contribution < 1.29 is 0 Å². The molecule has 0 spiro atoms. The predicted octanol–water partition coefficient (Wildman–Crippen LogP) is 7.70. The molecule has 0 bridgehead atoms. The van der Waals surface area contributed by atoms with Crippen LogP contribution in [0.1, 0.15) is 96.8 Å². The van der Waals surface area contributed by atoms with Crippen molar-refractivity contribution >= 4 is 0 Å². The van der Waals surface area contributed by atoms with E-state index in [4.69, 9.17) is 0 Å². The predicted molar refractivity (Wildman–Crippen MR) is 116 cm³/mol. The topological polar surface area (TPSA) is 3.24 Å². The van der Waals surface area contributed by atoms with Crippen molar-refractivity contribution in [1.82, 2.24) is 4.90 Å². The molecule has 0 N–H and O–H groups in total. The van der Waals surface area contributed by atoms with Crippen LogP contribution < -0.4 is 0 Å². The van der Waals surface area contributed by atoms with Gasteiger partial charge >= 0.3 is 0 Å². The van der Waals surface area contributed by atoms with Crippen LogP contribution in [-0.4, -0.2) is 24.5 Å². The highest BCUT2D eigenvalue weighted by Gasteiger charge is 1.99. The van der Waals surface area contributed by atoms with Crippen molar-refractivity contribution in [1.29, 1.82) is 0 Å². The monoisotopic (exact) mass is 347 g/mol. The van der Waals surface area contributed by atoms with E-state index in [1.54, 1.807) is 0 Å². The Morgan fingerprint density at radius 2 is 1.04 bits per heavy atom. The number of rotatable bonds is 20. The second kappa shape index (κ2) is 21.2. The summed E-state index contributed by atoms with van der Waals surface area (Å²) in [5.41, 5.74) is 0. The van der Waals surface area contributed by atoms with Gasteiger partial charge in [-0.2, -0.15) is 0 Å². The van der Waals surface area contributed by atoms with E-state index in [1.165, 1.54) is 96.4 Å². The van der Waals surface area contributed by atoms with Gasteiger partial charge in [-0.3, -0.25) is 4.90 Å². The SMILES string of the molecule is C=CCN(CC=C)CCCCCCCCC=CCCCCCCCC. The minimum absolute atomic E-state index is 0.983. The summed E-state index contributed by atoms with van der Waals surface area (Å²) in [6.45, 7) is 13.1. The Labute approximate surface area is 159 Å². The van der Waals surface area contributed by atoms with E-state index in [0.29, 0.717) is 0 Å². The Morgan fingerprint density at radius 3 is 1.52 bits per heavy atom. The van der Waals surface area contributed by atoms with Crippen LogP contribution in [-0.2, 0) is 0 Å². The fraction of sp³-hybridized carbons (Fsp3) is 0.750. The van der Waals surface area contributed by atoms with Crippen molar-refractivity contribution in [3.8, 4) is 0 Å². The molecule has 0 aliphatic heterocycles. The Bertz CT molecular complexity index is 295. The van der Waals surface area contributed by atoms with Crippen LogP contribution in [0.4, 0.5) is 0 Å². The maximum atomic E-state index is 3.83. The first-order valence-electron chi connectivity index (χ1n) is 10.9. The quantitative estimate of drug-likeness (QED) is 0.161. The third-order valence-corrected chi connectivity index (χ3v) is 4.76. The summed E-state index contributed by atoms with van der Waals surface area (Å²) in [6.07, 6.45) is 28.0. The standard InChI is InChI=1S/C24H45N/c1-4-7-8-9-10-11-12-13-14-15-16-17-18-19-20-21-24-25(22-5-2)23-6-3/h5-6,13-14H,2-4,7-12,15-24H2,1H3. The maximum Gasteiger partial charge on any atom is 0.0163 e. The summed E-state index contributed by atoms with van der Waals surface area (Å²) in [4.78, 5) is 2.41. The zero-order valence-corrected chi connectivity index (χ0v) is 17.2. The maximum absolute atomic E-state index is 3.83. The lowest BCUT2D eigenvalue weighted by atomic mass is 10.1. The second-order valence-electron chi connectivity index (χ2n) is 7.27. The molecule has 0 aromatic rings.